The minimum absolute atomic E-state index is 0. The summed E-state index contributed by atoms with van der Waals surface area (Å²) in [4.78, 5) is 20.8. The van der Waals surface area contributed by atoms with Crippen LogP contribution in [0, 0.1) is 19.7 Å². The lowest BCUT2D eigenvalue weighted by Crippen LogP contribution is -2.45. The third kappa shape index (κ3) is 11.7. The fourth-order valence-corrected chi connectivity index (χ4v) is 6.37. The first-order valence-electron chi connectivity index (χ1n) is 17.2. The van der Waals surface area contributed by atoms with Gasteiger partial charge in [0.15, 0.2) is 5.75 Å². The third-order valence-corrected chi connectivity index (χ3v) is 9.20. The number of aromatic nitrogens is 1. The van der Waals surface area contributed by atoms with E-state index in [1.165, 1.54) is 28.8 Å². The molecule has 0 radical (unpaired) electrons. The molecule has 0 bridgehead atoms. The molecule has 0 spiro atoms. The van der Waals surface area contributed by atoms with Crippen molar-refractivity contribution in [1.82, 2.24) is 14.8 Å². The van der Waals surface area contributed by atoms with Crippen molar-refractivity contribution in [3.63, 3.8) is 0 Å². The van der Waals surface area contributed by atoms with Gasteiger partial charge in [-0.2, -0.15) is 0 Å². The van der Waals surface area contributed by atoms with Gasteiger partial charge in [0.1, 0.15) is 24.5 Å². The number of hydrogen-bond donors (Lipinski definition) is 1. The number of carbonyl (C=O) groups excluding carboxylic acids is 1. The Hall–Kier alpha value is -4.60. The Bertz CT molecular complexity index is 1910. The second-order valence-electron chi connectivity index (χ2n) is 12.8. The number of nitrogens with zero attached hydrogens (tertiary/aromatic N) is 3. The number of hydrogen-bond acceptors (Lipinski definition) is 7. The SMILES string of the molecule is Cc1ccc(COc2ccc(Oc3c(C)cc(/C(=C\C=O)N4CCN(Cc5ccc(CCNc6ccc(F)cc6)cc5)CC4)cc3Cl)nc2)cc1.Cl.Cl. The molecule has 53 heavy (non-hydrogen) atoms. The van der Waals surface area contributed by atoms with Gasteiger partial charge in [0.05, 0.1) is 11.2 Å². The van der Waals surface area contributed by atoms with Crippen molar-refractivity contribution in [3.05, 3.63) is 154 Å². The van der Waals surface area contributed by atoms with Crippen LogP contribution in [0.5, 0.6) is 17.4 Å². The van der Waals surface area contributed by atoms with Gasteiger partial charge >= 0.3 is 0 Å². The molecule has 0 amide bonds. The van der Waals surface area contributed by atoms with Crippen molar-refractivity contribution >= 4 is 54.1 Å². The number of allylic oxidation sites excluding steroid dienone is 1. The summed E-state index contributed by atoms with van der Waals surface area (Å²) < 4.78 is 25.1. The van der Waals surface area contributed by atoms with E-state index in [-0.39, 0.29) is 30.6 Å². The summed E-state index contributed by atoms with van der Waals surface area (Å²) in [5.41, 5.74) is 8.26. The summed E-state index contributed by atoms with van der Waals surface area (Å²) in [5.74, 6) is 1.34. The van der Waals surface area contributed by atoms with Gasteiger partial charge in [0, 0.05) is 62.8 Å². The van der Waals surface area contributed by atoms with Gasteiger partial charge in [-0.3, -0.25) is 9.69 Å². The second-order valence-corrected chi connectivity index (χ2v) is 13.2. The molecule has 11 heteroatoms. The molecular formula is C42H44Cl3FN4O3. The predicted octanol–water partition coefficient (Wildman–Crippen LogP) is 9.72. The Morgan fingerprint density at radius 3 is 2.19 bits per heavy atom. The Labute approximate surface area is 328 Å². The number of halogens is 4. The Kier molecular flexibility index (Phi) is 15.5. The van der Waals surface area contributed by atoms with Crippen LogP contribution in [0.1, 0.15) is 33.4 Å². The van der Waals surface area contributed by atoms with E-state index < -0.39 is 0 Å². The Morgan fingerprint density at radius 2 is 1.55 bits per heavy atom. The predicted molar refractivity (Wildman–Crippen MR) is 216 cm³/mol. The smallest absolute Gasteiger partial charge is 0.219 e. The van der Waals surface area contributed by atoms with E-state index in [1.807, 2.05) is 37.3 Å². The zero-order valence-corrected chi connectivity index (χ0v) is 32.2. The van der Waals surface area contributed by atoms with Gasteiger partial charge in [-0.15, -0.1) is 24.8 Å². The maximum atomic E-state index is 13.1. The van der Waals surface area contributed by atoms with Crippen LogP contribution >= 0.6 is 36.4 Å². The highest BCUT2D eigenvalue weighted by atomic mass is 35.5. The number of piperazine rings is 1. The average Bonchev–Trinajstić information content (AvgIpc) is 3.14. The average molecular weight is 778 g/mol. The first-order chi connectivity index (χ1) is 24.8. The van der Waals surface area contributed by atoms with Crippen LogP contribution in [0.4, 0.5) is 10.1 Å². The van der Waals surface area contributed by atoms with Crippen molar-refractivity contribution in [3.8, 4) is 17.4 Å². The number of pyridine rings is 1. The van der Waals surface area contributed by atoms with E-state index in [4.69, 9.17) is 21.1 Å². The standard InChI is InChI=1S/C42H42ClFN4O3.2ClH/c1-30-3-5-34(6-4-30)29-50-38-15-16-41(46-27-38)51-42-31(2)25-35(26-39(42)43)40(18-24-49)48-22-20-47(21-23-48)28-33-9-7-32(8-10-33)17-19-45-37-13-11-36(44)12-14-37;;/h3-16,18,24-27,45H,17,19-23,28-29H2,1-2H3;2*1H/b40-18+;;. The molecular weight excluding hydrogens is 734 g/mol. The highest BCUT2D eigenvalue weighted by Crippen LogP contribution is 2.36. The Morgan fingerprint density at radius 1 is 0.868 bits per heavy atom. The van der Waals surface area contributed by atoms with E-state index in [2.05, 4.69) is 63.4 Å². The van der Waals surface area contributed by atoms with Gasteiger partial charge in [0.2, 0.25) is 5.88 Å². The number of carbonyl (C=O) groups is 1. The molecule has 1 aliphatic rings. The third-order valence-electron chi connectivity index (χ3n) is 8.92. The summed E-state index contributed by atoms with van der Waals surface area (Å²) >= 11 is 6.78. The largest absolute Gasteiger partial charge is 0.487 e. The van der Waals surface area contributed by atoms with Crippen LogP contribution in [0.3, 0.4) is 0 Å². The number of nitrogens with one attached hydrogen (secondary N) is 1. The zero-order chi connectivity index (χ0) is 35.6. The molecule has 1 N–H and O–H groups in total. The van der Waals surface area contributed by atoms with Crippen LogP contribution in [0.15, 0.2) is 109 Å². The minimum atomic E-state index is -0.232. The molecule has 4 aromatic carbocycles. The van der Waals surface area contributed by atoms with Crippen LogP contribution < -0.4 is 14.8 Å². The monoisotopic (exact) mass is 776 g/mol. The lowest BCUT2D eigenvalue weighted by atomic mass is 10.1. The second kappa shape index (κ2) is 20.0. The van der Waals surface area contributed by atoms with E-state index in [0.29, 0.717) is 29.0 Å². The molecule has 1 aromatic heterocycles. The molecule has 1 aliphatic heterocycles. The molecule has 0 aliphatic carbocycles. The quantitative estimate of drug-likeness (QED) is 0.0890. The molecule has 0 atom stereocenters. The molecule has 0 saturated carbocycles. The summed E-state index contributed by atoms with van der Waals surface area (Å²) in [5, 5.41) is 3.78. The maximum Gasteiger partial charge on any atom is 0.219 e. The molecule has 278 valence electrons. The van der Waals surface area contributed by atoms with Gasteiger partial charge in [-0.1, -0.05) is 65.7 Å². The van der Waals surface area contributed by atoms with Crippen LogP contribution in [0.25, 0.3) is 5.70 Å². The maximum absolute atomic E-state index is 13.1. The van der Waals surface area contributed by atoms with E-state index in [0.717, 1.165) is 80.1 Å². The summed E-state index contributed by atoms with van der Waals surface area (Å²) in [6.07, 6.45) is 4.96. The van der Waals surface area contributed by atoms with Crippen LogP contribution in [-0.4, -0.2) is 53.8 Å². The van der Waals surface area contributed by atoms with Crippen molar-refractivity contribution in [2.24, 2.45) is 0 Å². The van der Waals surface area contributed by atoms with E-state index in [9.17, 15) is 9.18 Å². The molecule has 5 aromatic rings. The highest BCUT2D eigenvalue weighted by molar-refractivity contribution is 6.32. The Balaban J connectivity index is 0.00000314. The number of ether oxygens (including phenoxy) is 2. The van der Waals surface area contributed by atoms with Gasteiger partial charge < -0.3 is 19.7 Å². The van der Waals surface area contributed by atoms with Crippen molar-refractivity contribution in [2.75, 3.05) is 38.0 Å². The summed E-state index contributed by atoms with van der Waals surface area (Å²) in [6, 6.07) is 30.8. The van der Waals surface area contributed by atoms with E-state index >= 15 is 0 Å². The fraction of sp³-hybridized carbons (Fsp3) is 0.238. The number of rotatable bonds is 14. The lowest BCUT2D eigenvalue weighted by Gasteiger charge is -2.37. The fourth-order valence-electron chi connectivity index (χ4n) is 6.06. The minimum Gasteiger partial charge on any atom is -0.487 e. The molecule has 1 fully saturated rings. The van der Waals surface area contributed by atoms with Gasteiger partial charge in [0.25, 0.3) is 0 Å². The summed E-state index contributed by atoms with van der Waals surface area (Å²) in [6.45, 7) is 9.38. The molecule has 0 unspecified atom stereocenters. The van der Waals surface area contributed by atoms with Gasteiger partial charge in [-0.05, 0) is 90.6 Å². The highest BCUT2D eigenvalue weighted by Gasteiger charge is 2.22. The first kappa shape index (κ1) is 41.2. The molecule has 2 heterocycles. The van der Waals surface area contributed by atoms with Crippen molar-refractivity contribution in [2.45, 2.75) is 33.4 Å². The lowest BCUT2D eigenvalue weighted by molar-refractivity contribution is -0.104. The van der Waals surface area contributed by atoms with E-state index in [1.54, 1.807) is 30.5 Å². The molecule has 7 nitrogen and oxygen atoms in total. The normalized spacial score (nSPS) is 13.1. The number of anilines is 1. The van der Waals surface area contributed by atoms with Gasteiger partial charge in [-0.25, -0.2) is 9.37 Å². The van der Waals surface area contributed by atoms with Crippen LogP contribution in [0.2, 0.25) is 5.02 Å². The van der Waals surface area contributed by atoms with Crippen LogP contribution in [-0.2, 0) is 24.4 Å². The number of aldehydes is 1. The van der Waals surface area contributed by atoms with Crippen molar-refractivity contribution < 1.29 is 18.7 Å². The zero-order valence-electron chi connectivity index (χ0n) is 29.8. The molecule has 1 saturated heterocycles. The first-order valence-corrected chi connectivity index (χ1v) is 17.5. The number of benzene rings is 4. The summed E-state index contributed by atoms with van der Waals surface area (Å²) in [7, 11) is 0. The molecule has 6 rings (SSSR count). The number of aryl methyl sites for hydroxylation is 2. The topological polar surface area (TPSA) is 66.9 Å². The van der Waals surface area contributed by atoms with Crippen molar-refractivity contribution in [1.29, 1.82) is 0 Å².